The van der Waals surface area contributed by atoms with E-state index in [2.05, 4.69) is 5.10 Å². The minimum absolute atomic E-state index is 0.512. The number of hydrogen-bond acceptors (Lipinski definition) is 2. The Labute approximate surface area is 116 Å². The quantitative estimate of drug-likeness (QED) is 0.793. The van der Waals surface area contributed by atoms with Crippen LogP contribution in [0.15, 0.2) is 30.5 Å². The second-order valence-electron chi connectivity index (χ2n) is 3.76. The fraction of sp³-hybridized carbons (Fsp3) is 0.154. The van der Waals surface area contributed by atoms with Gasteiger partial charge in [0.15, 0.2) is 0 Å². The van der Waals surface area contributed by atoms with Crippen molar-refractivity contribution in [2.45, 2.75) is 6.92 Å². The molecule has 1 heterocycles. The van der Waals surface area contributed by atoms with E-state index in [0.29, 0.717) is 10.0 Å². The molecule has 0 spiro atoms. The molecule has 0 fully saturated rings. The molecule has 0 aliphatic heterocycles. The van der Waals surface area contributed by atoms with Gasteiger partial charge in [0.1, 0.15) is 0 Å². The first-order valence-corrected chi connectivity index (χ1v) is 6.09. The first-order valence-electron chi connectivity index (χ1n) is 5.33. The maximum atomic E-state index is 6.00. The predicted octanol–water partition coefficient (Wildman–Crippen LogP) is 4.10. The highest BCUT2D eigenvalue weighted by molar-refractivity contribution is 6.42. The van der Waals surface area contributed by atoms with Crippen LogP contribution in [0, 0.1) is 6.92 Å². The number of methoxy groups -OCH3 is 1. The van der Waals surface area contributed by atoms with Gasteiger partial charge in [-0.05, 0) is 31.2 Å². The lowest BCUT2D eigenvalue weighted by Crippen LogP contribution is -1.98. The van der Waals surface area contributed by atoms with E-state index in [4.69, 9.17) is 27.9 Å². The molecule has 0 atom stereocenters. The largest absolute Gasteiger partial charge is 0.504 e. The molecule has 94 valence electrons. The number of nitrogens with zero attached hydrogens (tertiary/aromatic N) is 2. The van der Waals surface area contributed by atoms with Gasteiger partial charge in [0, 0.05) is 11.8 Å². The summed E-state index contributed by atoms with van der Waals surface area (Å²) in [5.41, 5.74) is 2.70. The highest BCUT2D eigenvalue weighted by Crippen LogP contribution is 2.25. The Hall–Kier alpha value is -1.45. The molecule has 0 saturated carbocycles. The van der Waals surface area contributed by atoms with E-state index in [-0.39, 0.29) is 0 Å². The van der Waals surface area contributed by atoms with Gasteiger partial charge in [0.25, 0.3) is 0 Å². The maximum Gasteiger partial charge on any atom is 0.0888 e. The smallest absolute Gasteiger partial charge is 0.0888 e. The second-order valence-corrected chi connectivity index (χ2v) is 4.57. The number of hydrogen-bond donors (Lipinski definition) is 0. The SMILES string of the molecule is COC=Cc1cc(C)n(-c2ccc(Cl)c(Cl)c2)n1. The van der Waals surface area contributed by atoms with E-state index in [1.807, 2.05) is 19.1 Å². The van der Waals surface area contributed by atoms with Gasteiger partial charge < -0.3 is 4.74 Å². The van der Waals surface area contributed by atoms with Crippen LogP contribution in [0.2, 0.25) is 10.0 Å². The summed E-state index contributed by atoms with van der Waals surface area (Å²) in [6.07, 6.45) is 3.38. The van der Waals surface area contributed by atoms with Crippen LogP contribution in [0.5, 0.6) is 0 Å². The third-order valence-corrected chi connectivity index (χ3v) is 3.17. The van der Waals surface area contributed by atoms with Crippen molar-refractivity contribution in [1.29, 1.82) is 0 Å². The summed E-state index contributed by atoms with van der Waals surface area (Å²) in [7, 11) is 1.60. The van der Waals surface area contributed by atoms with E-state index in [0.717, 1.165) is 17.1 Å². The van der Waals surface area contributed by atoms with Crippen molar-refractivity contribution in [3.8, 4) is 5.69 Å². The summed E-state index contributed by atoms with van der Waals surface area (Å²) in [4.78, 5) is 0. The van der Waals surface area contributed by atoms with Crippen LogP contribution in [0.1, 0.15) is 11.4 Å². The van der Waals surface area contributed by atoms with Gasteiger partial charge in [-0.15, -0.1) is 0 Å². The molecule has 1 aromatic carbocycles. The monoisotopic (exact) mass is 282 g/mol. The van der Waals surface area contributed by atoms with Crippen molar-refractivity contribution in [1.82, 2.24) is 9.78 Å². The highest BCUT2D eigenvalue weighted by atomic mass is 35.5. The van der Waals surface area contributed by atoms with E-state index < -0.39 is 0 Å². The lowest BCUT2D eigenvalue weighted by atomic mass is 10.3. The highest BCUT2D eigenvalue weighted by Gasteiger charge is 2.06. The third-order valence-electron chi connectivity index (χ3n) is 2.43. The Balaban J connectivity index is 2.41. The van der Waals surface area contributed by atoms with Gasteiger partial charge in [-0.25, -0.2) is 4.68 Å². The van der Waals surface area contributed by atoms with Crippen molar-refractivity contribution in [3.63, 3.8) is 0 Å². The summed E-state index contributed by atoms with van der Waals surface area (Å²) in [5.74, 6) is 0. The van der Waals surface area contributed by atoms with Gasteiger partial charge >= 0.3 is 0 Å². The first kappa shape index (κ1) is 13.0. The number of rotatable bonds is 3. The second kappa shape index (κ2) is 5.46. The molecular formula is C13H12Cl2N2O. The Morgan fingerprint density at radius 3 is 2.67 bits per heavy atom. The molecule has 0 unspecified atom stereocenters. The molecule has 0 radical (unpaired) electrons. The average molecular weight is 283 g/mol. The van der Waals surface area contributed by atoms with E-state index >= 15 is 0 Å². The molecule has 0 N–H and O–H groups in total. The van der Waals surface area contributed by atoms with Crippen LogP contribution < -0.4 is 0 Å². The van der Waals surface area contributed by atoms with Gasteiger partial charge in [-0.3, -0.25) is 0 Å². The van der Waals surface area contributed by atoms with Crippen LogP contribution in [-0.4, -0.2) is 16.9 Å². The lowest BCUT2D eigenvalue weighted by molar-refractivity contribution is 0.341. The fourth-order valence-electron chi connectivity index (χ4n) is 1.60. The van der Waals surface area contributed by atoms with E-state index in [9.17, 15) is 0 Å². The zero-order valence-electron chi connectivity index (χ0n) is 10.0. The zero-order valence-corrected chi connectivity index (χ0v) is 11.5. The number of ether oxygens (including phenoxy) is 1. The predicted molar refractivity (Wildman–Crippen MR) is 74.4 cm³/mol. The number of aromatic nitrogens is 2. The van der Waals surface area contributed by atoms with E-state index in [1.165, 1.54) is 0 Å². The molecule has 5 heteroatoms. The summed E-state index contributed by atoms with van der Waals surface area (Å²) >= 11 is 11.9. The van der Waals surface area contributed by atoms with Crippen LogP contribution >= 0.6 is 23.2 Å². The Morgan fingerprint density at radius 1 is 1.22 bits per heavy atom. The molecule has 0 aliphatic carbocycles. The van der Waals surface area contributed by atoms with E-state index in [1.54, 1.807) is 36.3 Å². The molecular weight excluding hydrogens is 271 g/mol. The zero-order chi connectivity index (χ0) is 13.1. The molecule has 2 rings (SSSR count). The van der Waals surface area contributed by atoms with Gasteiger partial charge in [0.2, 0.25) is 0 Å². The van der Waals surface area contributed by atoms with Crippen molar-refractivity contribution in [2.75, 3.05) is 7.11 Å². The van der Waals surface area contributed by atoms with Gasteiger partial charge in [-0.2, -0.15) is 5.10 Å². The standard InChI is InChI=1S/C13H12Cl2N2O/c1-9-7-10(5-6-18-2)16-17(9)11-3-4-12(14)13(15)8-11/h3-8H,1-2H3. The van der Waals surface area contributed by atoms with Crippen molar-refractivity contribution in [2.24, 2.45) is 0 Å². The summed E-state index contributed by atoms with van der Waals surface area (Å²) in [6.45, 7) is 1.97. The average Bonchev–Trinajstić information content (AvgIpc) is 2.71. The minimum Gasteiger partial charge on any atom is -0.504 e. The Morgan fingerprint density at radius 2 is 2.00 bits per heavy atom. The normalized spacial score (nSPS) is 11.1. The van der Waals surface area contributed by atoms with Crippen molar-refractivity contribution >= 4 is 29.3 Å². The third kappa shape index (κ3) is 2.68. The van der Waals surface area contributed by atoms with Crippen LogP contribution in [0.3, 0.4) is 0 Å². The van der Waals surface area contributed by atoms with Crippen LogP contribution in [-0.2, 0) is 4.74 Å². The topological polar surface area (TPSA) is 27.1 Å². The van der Waals surface area contributed by atoms with Crippen LogP contribution in [0.4, 0.5) is 0 Å². The molecule has 0 amide bonds. The first-order chi connectivity index (χ1) is 8.61. The van der Waals surface area contributed by atoms with Crippen molar-refractivity contribution in [3.05, 3.63) is 52.0 Å². The summed E-state index contributed by atoms with van der Waals surface area (Å²) < 4.78 is 6.67. The molecule has 2 aromatic rings. The number of benzene rings is 1. The maximum absolute atomic E-state index is 6.00. The summed E-state index contributed by atoms with van der Waals surface area (Å²) in [5, 5.41) is 5.48. The van der Waals surface area contributed by atoms with Gasteiger partial charge in [0.05, 0.1) is 34.8 Å². The molecule has 0 bridgehead atoms. The number of aryl methyl sites for hydroxylation is 1. The lowest BCUT2D eigenvalue weighted by Gasteiger charge is -2.05. The Bertz CT molecular complexity index is 591. The summed E-state index contributed by atoms with van der Waals surface area (Å²) in [6, 6.07) is 7.37. The minimum atomic E-state index is 0.512. The molecule has 0 saturated heterocycles. The number of halogens is 2. The molecule has 3 nitrogen and oxygen atoms in total. The molecule has 18 heavy (non-hydrogen) atoms. The van der Waals surface area contributed by atoms with Crippen molar-refractivity contribution < 1.29 is 4.74 Å². The molecule has 0 aliphatic rings. The fourth-order valence-corrected chi connectivity index (χ4v) is 1.89. The van der Waals surface area contributed by atoms with Crippen LogP contribution in [0.25, 0.3) is 11.8 Å². The Kier molecular flexibility index (Phi) is 3.94. The van der Waals surface area contributed by atoms with Gasteiger partial charge in [-0.1, -0.05) is 23.2 Å². The molecule has 1 aromatic heterocycles.